The Bertz CT molecular complexity index is 719. The SMILES string of the molecule is CC(C)CCC[C@@H](C)[C@H]1CC[C@H]2C3=CC[C@H]4C[C@@H](O)CC[C@]4(C)[C@@]3(C#N)CC[C@]12C. The lowest BCUT2D eigenvalue weighted by Crippen LogP contribution is -2.56. The molecular weight excluding hydrogens is 366 g/mol. The fourth-order valence-corrected chi connectivity index (χ4v) is 8.76. The summed E-state index contributed by atoms with van der Waals surface area (Å²) < 4.78 is 0. The maximum atomic E-state index is 10.6. The van der Waals surface area contributed by atoms with Crippen molar-refractivity contribution in [3.8, 4) is 6.07 Å². The highest BCUT2D eigenvalue weighted by atomic mass is 16.3. The molecule has 4 aliphatic carbocycles. The third-order valence-electron chi connectivity index (χ3n) is 10.7. The molecule has 0 saturated heterocycles. The highest BCUT2D eigenvalue weighted by Crippen LogP contribution is 2.71. The second-order valence-electron chi connectivity index (χ2n) is 12.5. The van der Waals surface area contributed by atoms with Crippen LogP contribution in [0.3, 0.4) is 0 Å². The lowest BCUT2D eigenvalue weighted by atomic mass is 9.41. The van der Waals surface area contributed by atoms with E-state index in [1.807, 2.05) is 0 Å². The molecule has 0 heterocycles. The largest absolute Gasteiger partial charge is 0.393 e. The molecule has 1 N–H and O–H groups in total. The van der Waals surface area contributed by atoms with E-state index in [4.69, 9.17) is 0 Å². The number of nitrogens with zero attached hydrogens (tertiary/aromatic N) is 1. The lowest BCUT2D eigenvalue weighted by molar-refractivity contribution is -0.0726. The first kappa shape index (κ1) is 22.4. The van der Waals surface area contributed by atoms with Gasteiger partial charge >= 0.3 is 0 Å². The van der Waals surface area contributed by atoms with Gasteiger partial charge in [0, 0.05) is 0 Å². The van der Waals surface area contributed by atoms with Crippen molar-refractivity contribution < 1.29 is 5.11 Å². The van der Waals surface area contributed by atoms with Crippen molar-refractivity contribution in [2.75, 3.05) is 0 Å². The third-order valence-corrected chi connectivity index (χ3v) is 10.7. The van der Waals surface area contributed by atoms with Gasteiger partial charge in [-0.2, -0.15) is 5.26 Å². The van der Waals surface area contributed by atoms with Gasteiger partial charge in [-0.1, -0.05) is 60.0 Å². The maximum Gasteiger partial charge on any atom is 0.0841 e. The van der Waals surface area contributed by atoms with Crippen molar-refractivity contribution in [1.29, 1.82) is 5.26 Å². The average Bonchev–Trinajstić information content (AvgIpc) is 3.05. The molecule has 4 rings (SSSR count). The number of fused-ring (bicyclic) bond motifs is 5. The van der Waals surface area contributed by atoms with Crippen LogP contribution < -0.4 is 0 Å². The van der Waals surface area contributed by atoms with Gasteiger partial charge in [0.2, 0.25) is 0 Å². The van der Waals surface area contributed by atoms with Crippen molar-refractivity contribution >= 4 is 0 Å². The van der Waals surface area contributed by atoms with Crippen molar-refractivity contribution in [1.82, 2.24) is 0 Å². The second kappa shape index (κ2) is 7.95. The van der Waals surface area contributed by atoms with Gasteiger partial charge in [0.05, 0.1) is 17.6 Å². The molecule has 0 spiro atoms. The first-order valence-electron chi connectivity index (χ1n) is 13.0. The molecule has 3 fully saturated rings. The zero-order chi connectivity index (χ0) is 21.7. The standard InChI is InChI=1S/C28H45NO/c1-19(2)7-6-8-20(3)23-11-12-24-25-10-9-21-17-22(30)13-14-27(21,5)28(25,18-29)16-15-26(23,24)4/h10,19-24,30H,6-9,11-17H2,1-5H3/t20-,21+,22+,23-,24+,26-,27+,28-/m1/s1. The molecule has 2 nitrogen and oxygen atoms in total. The Labute approximate surface area is 185 Å². The molecule has 0 amide bonds. The monoisotopic (exact) mass is 411 g/mol. The minimum Gasteiger partial charge on any atom is -0.393 e. The molecule has 0 aliphatic heterocycles. The topological polar surface area (TPSA) is 44.0 Å². The van der Waals surface area contributed by atoms with E-state index in [-0.39, 0.29) is 16.9 Å². The van der Waals surface area contributed by atoms with Crippen LogP contribution in [0.2, 0.25) is 0 Å². The Morgan fingerprint density at radius 1 is 1.10 bits per heavy atom. The van der Waals surface area contributed by atoms with Gasteiger partial charge in [-0.05, 0) is 97.4 Å². The van der Waals surface area contributed by atoms with Crippen LogP contribution in [-0.2, 0) is 0 Å². The molecule has 0 radical (unpaired) electrons. The highest BCUT2D eigenvalue weighted by molar-refractivity contribution is 5.39. The predicted molar refractivity (Wildman–Crippen MR) is 124 cm³/mol. The first-order valence-corrected chi connectivity index (χ1v) is 13.0. The summed E-state index contributed by atoms with van der Waals surface area (Å²) in [6.07, 6.45) is 15.2. The summed E-state index contributed by atoms with van der Waals surface area (Å²) in [5, 5.41) is 20.9. The van der Waals surface area contributed by atoms with Gasteiger partial charge in [-0.3, -0.25) is 0 Å². The quantitative estimate of drug-likeness (QED) is 0.483. The van der Waals surface area contributed by atoms with E-state index in [2.05, 4.69) is 46.8 Å². The average molecular weight is 412 g/mol. The lowest BCUT2D eigenvalue weighted by Gasteiger charge is -2.61. The molecule has 168 valence electrons. The van der Waals surface area contributed by atoms with Crippen LogP contribution in [0, 0.1) is 57.2 Å². The zero-order valence-corrected chi connectivity index (χ0v) is 20.2. The number of nitriles is 1. The molecule has 0 aromatic carbocycles. The fraction of sp³-hybridized carbons (Fsp3) is 0.893. The van der Waals surface area contributed by atoms with Crippen LogP contribution in [-0.4, -0.2) is 11.2 Å². The van der Waals surface area contributed by atoms with E-state index >= 15 is 0 Å². The fourth-order valence-electron chi connectivity index (χ4n) is 8.76. The van der Waals surface area contributed by atoms with Crippen molar-refractivity contribution in [3.05, 3.63) is 11.6 Å². The Kier molecular flexibility index (Phi) is 5.93. The number of aliphatic hydroxyl groups is 1. The molecule has 8 atom stereocenters. The molecule has 0 unspecified atom stereocenters. The van der Waals surface area contributed by atoms with Gasteiger partial charge in [0.15, 0.2) is 0 Å². The third kappa shape index (κ3) is 3.21. The minimum absolute atomic E-state index is 0.0490. The van der Waals surface area contributed by atoms with Crippen molar-refractivity contribution in [3.63, 3.8) is 0 Å². The number of hydrogen-bond donors (Lipinski definition) is 1. The van der Waals surface area contributed by atoms with Crippen molar-refractivity contribution in [2.45, 2.75) is 111 Å². The molecule has 2 heteroatoms. The van der Waals surface area contributed by atoms with E-state index in [1.54, 1.807) is 0 Å². The first-order chi connectivity index (χ1) is 14.2. The summed E-state index contributed by atoms with van der Waals surface area (Å²) in [5.41, 5.74) is 1.68. The Hall–Kier alpha value is -0.810. The molecule has 30 heavy (non-hydrogen) atoms. The van der Waals surface area contributed by atoms with Crippen LogP contribution >= 0.6 is 0 Å². The molecular formula is C28H45NO. The van der Waals surface area contributed by atoms with Gasteiger partial charge in [0.1, 0.15) is 0 Å². The van der Waals surface area contributed by atoms with Crippen LogP contribution in [0.15, 0.2) is 11.6 Å². The Morgan fingerprint density at radius 2 is 1.87 bits per heavy atom. The van der Waals surface area contributed by atoms with E-state index in [0.29, 0.717) is 17.3 Å². The van der Waals surface area contributed by atoms with E-state index < -0.39 is 0 Å². The molecule has 4 aliphatic rings. The van der Waals surface area contributed by atoms with Crippen LogP contribution in [0.5, 0.6) is 0 Å². The number of allylic oxidation sites excluding steroid dienone is 2. The van der Waals surface area contributed by atoms with Crippen molar-refractivity contribution in [2.24, 2.45) is 45.8 Å². The molecule has 0 aromatic rings. The van der Waals surface area contributed by atoms with E-state index in [1.165, 1.54) is 44.1 Å². The van der Waals surface area contributed by atoms with Crippen LogP contribution in [0.25, 0.3) is 0 Å². The summed E-state index contributed by atoms with van der Waals surface area (Å²) in [7, 11) is 0. The van der Waals surface area contributed by atoms with Gasteiger partial charge < -0.3 is 5.11 Å². The number of hydrogen-bond acceptors (Lipinski definition) is 2. The summed E-state index contributed by atoms with van der Waals surface area (Å²) in [6, 6.07) is 2.94. The van der Waals surface area contributed by atoms with Gasteiger partial charge in [-0.15, -0.1) is 0 Å². The van der Waals surface area contributed by atoms with Crippen LogP contribution in [0.1, 0.15) is 105 Å². The summed E-state index contributed by atoms with van der Waals surface area (Å²) in [6.45, 7) is 12.2. The molecule has 0 aromatic heterocycles. The van der Waals surface area contributed by atoms with Gasteiger partial charge in [-0.25, -0.2) is 0 Å². The zero-order valence-electron chi connectivity index (χ0n) is 20.2. The Balaban J connectivity index is 1.60. The van der Waals surface area contributed by atoms with Gasteiger partial charge in [0.25, 0.3) is 0 Å². The normalized spacial score (nSPS) is 46.4. The minimum atomic E-state index is -0.282. The second-order valence-corrected chi connectivity index (χ2v) is 12.5. The predicted octanol–water partition coefficient (Wildman–Crippen LogP) is 7.28. The number of rotatable bonds is 5. The van der Waals surface area contributed by atoms with E-state index in [9.17, 15) is 10.4 Å². The summed E-state index contributed by atoms with van der Waals surface area (Å²) in [4.78, 5) is 0. The molecule has 3 saturated carbocycles. The van der Waals surface area contributed by atoms with Crippen LogP contribution in [0.4, 0.5) is 0 Å². The summed E-state index contributed by atoms with van der Waals surface area (Å²) >= 11 is 0. The highest BCUT2D eigenvalue weighted by Gasteiger charge is 2.65. The van der Waals surface area contributed by atoms with E-state index in [0.717, 1.165) is 49.9 Å². The molecule has 0 bridgehead atoms. The Morgan fingerprint density at radius 3 is 2.57 bits per heavy atom. The smallest absolute Gasteiger partial charge is 0.0841 e. The number of aliphatic hydroxyl groups excluding tert-OH is 1. The summed E-state index contributed by atoms with van der Waals surface area (Å²) in [5.74, 6) is 3.50. The maximum absolute atomic E-state index is 10.6.